The minimum atomic E-state index is -0.222. The lowest BCUT2D eigenvalue weighted by atomic mass is 10.1. The van der Waals surface area contributed by atoms with Crippen molar-refractivity contribution in [2.45, 2.75) is 25.4 Å². The lowest BCUT2D eigenvalue weighted by Crippen LogP contribution is -2.28. The number of carbonyl (C=O) groups is 1. The molecular formula is C15H20BrNO4. The Labute approximate surface area is 132 Å². The molecule has 116 valence electrons. The molecule has 1 fully saturated rings. The molecule has 2 N–H and O–H groups in total. The molecule has 2 unspecified atom stereocenters. The van der Waals surface area contributed by atoms with Crippen LogP contribution in [0.5, 0.6) is 11.5 Å². The Kier molecular flexibility index (Phi) is 5.47. The topological polar surface area (TPSA) is 67.8 Å². The predicted molar refractivity (Wildman–Crippen MR) is 82.9 cm³/mol. The highest BCUT2D eigenvalue weighted by molar-refractivity contribution is 9.10. The summed E-state index contributed by atoms with van der Waals surface area (Å²) < 4.78 is 11.1. The molecule has 0 aromatic heterocycles. The summed E-state index contributed by atoms with van der Waals surface area (Å²) in [4.78, 5) is 12.2. The first-order chi connectivity index (χ1) is 10.0. The van der Waals surface area contributed by atoms with Crippen LogP contribution >= 0.6 is 15.9 Å². The smallest absolute Gasteiger partial charge is 0.251 e. The van der Waals surface area contributed by atoms with Gasteiger partial charge in [-0.2, -0.15) is 0 Å². The van der Waals surface area contributed by atoms with Crippen LogP contribution < -0.4 is 14.8 Å². The third kappa shape index (κ3) is 3.89. The van der Waals surface area contributed by atoms with E-state index in [4.69, 9.17) is 9.47 Å². The standard InChI is InChI=1S/C15H20BrNO4/c1-20-12-6-10(7-13(21-2)14(12)16)15(19)17-8-9-3-4-11(18)5-9/h6-7,9,11,18H,3-5,8H2,1-2H3,(H,17,19). The summed E-state index contributed by atoms with van der Waals surface area (Å²) in [7, 11) is 3.09. The SMILES string of the molecule is COc1cc(C(=O)NCC2CCC(O)C2)cc(OC)c1Br. The molecule has 0 saturated heterocycles. The number of amides is 1. The van der Waals surface area contributed by atoms with Crippen LogP contribution in [0.4, 0.5) is 0 Å². The Balaban J connectivity index is 2.04. The van der Waals surface area contributed by atoms with Gasteiger partial charge in [0, 0.05) is 12.1 Å². The van der Waals surface area contributed by atoms with Crippen molar-refractivity contribution in [1.29, 1.82) is 0 Å². The predicted octanol–water partition coefficient (Wildman–Crippen LogP) is 2.36. The summed E-state index contributed by atoms with van der Waals surface area (Å²) in [5, 5.41) is 12.4. The first-order valence-corrected chi connectivity index (χ1v) is 7.72. The molecule has 1 amide bonds. The number of methoxy groups -OCH3 is 2. The average molecular weight is 358 g/mol. The molecule has 0 spiro atoms. The van der Waals surface area contributed by atoms with Gasteiger partial charge in [0.15, 0.2) is 0 Å². The van der Waals surface area contributed by atoms with Gasteiger partial charge >= 0.3 is 0 Å². The van der Waals surface area contributed by atoms with Crippen molar-refractivity contribution in [2.75, 3.05) is 20.8 Å². The molecule has 1 aromatic rings. The Morgan fingerprint density at radius 2 is 1.95 bits per heavy atom. The average Bonchev–Trinajstić information content (AvgIpc) is 2.90. The second-order valence-corrected chi connectivity index (χ2v) is 6.03. The van der Waals surface area contributed by atoms with Crippen LogP contribution in [0.15, 0.2) is 16.6 Å². The maximum absolute atomic E-state index is 12.2. The van der Waals surface area contributed by atoms with Gasteiger partial charge in [0.2, 0.25) is 0 Å². The van der Waals surface area contributed by atoms with Gasteiger partial charge in [-0.25, -0.2) is 0 Å². The number of hydrogen-bond donors (Lipinski definition) is 2. The fourth-order valence-electron chi connectivity index (χ4n) is 2.57. The van der Waals surface area contributed by atoms with Crippen LogP contribution in [-0.4, -0.2) is 37.9 Å². The summed E-state index contributed by atoms with van der Waals surface area (Å²) >= 11 is 3.37. The maximum atomic E-state index is 12.2. The molecule has 2 atom stereocenters. The maximum Gasteiger partial charge on any atom is 0.251 e. The second kappa shape index (κ2) is 7.13. The summed E-state index contributed by atoms with van der Waals surface area (Å²) in [6.07, 6.45) is 2.31. The molecule has 6 heteroatoms. The second-order valence-electron chi connectivity index (χ2n) is 5.24. The summed E-state index contributed by atoms with van der Waals surface area (Å²) in [6.45, 7) is 0.580. The monoisotopic (exact) mass is 357 g/mol. The molecule has 0 heterocycles. The number of carbonyl (C=O) groups excluding carboxylic acids is 1. The van der Waals surface area contributed by atoms with Crippen molar-refractivity contribution < 1.29 is 19.4 Å². The molecule has 1 aliphatic rings. The van der Waals surface area contributed by atoms with Gasteiger partial charge in [0.1, 0.15) is 16.0 Å². The molecule has 0 radical (unpaired) electrons. The zero-order chi connectivity index (χ0) is 15.4. The molecule has 1 aliphatic carbocycles. The van der Waals surface area contributed by atoms with E-state index in [9.17, 15) is 9.90 Å². The van der Waals surface area contributed by atoms with E-state index in [0.717, 1.165) is 19.3 Å². The lowest BCUT2D eigenvalue weighted by Gasteiger charge is -2.13. The van der Waals surface area contributed by atoms with E-state index in [2.05, 4.69) is 21.2 Å². The number of rotatable bonds is 5. The number of nitrogens with one attached hydrogen (secondary N) is 1. The number of benzene rings is 1. The van der Waals surface area contributed by atoms with Crippen LogP contribution in [0, 0.1) is 5.92 Å². The largest absolute Gasteiger partial charge is 0.495 e. The molecule has 5 nitrogen and oxygen atoms in total. The van der Waals surface area contributed by atoms with E-state index in [1.165, 1.54) is 0 Å². The molecule has 21 heavy (non-hydrogen) atoms. The Bertz CT molecular complexity index is 495. The van der Waals surface area contributed by atoms with Crippen LogP contribution in [0.2, 0.25) is 0 Å². The van der Waals surface area contributed by atoms with Crippen molar-refractivity contribution in [1.82, 2.24) is 5.32 Å². The first kappa shape index (κ1) is 16.1. The van der Waals surface area contributed by atoms with Crippen molar-refractivity contribution >= 4 is 21.8 Å². The van der Waals surface area contributed by atoms with Crippen LogP contribution in [0.25, 0.3) is 0 Å². The highest BCUT2D eigenvalue weighted by Gasteiger charge is 2.23. The van der Waals surface area contributed by atoms with E-state index >= 15 is 0 Å². The van der Waals surface area contributed by atoms with Gasteiger partial charge in [-0.3, -0.25) is 4.79 Å². The number of hydrogen-bond acceptors (Lipinski definition) is 4. The Morgan fingerprint density at radius 1 is 1.33 bits per heavy atom. The van der Waals surface area contributed by atoms with Crippen molar-refractivity contribution in [3.63, 3.8) is 0 Å². The molecule has 1 saturated carbocycles. The van der Waals surface area contributed by atoms with Crippen LogP contribution in [0.3, 0.4) is 0 Å². The summed E-state index contributed by atoms with van der Waals surface area (Å²) in [6, 6.07) is 3.34. The van der Waals surface area contributed by atoms with E-state index in [1.54, 1.807) is 26.4 Å². The highest BCUT2D eigenvalue weighted by Crippen LogP contribution is 2.35. The van der Waals surface area contributed by atoms with Crippen molar-refractivity contribution in [2.24, 2.45) is 5.92 Å². The zero-order valence-electron chi connectivity index (χ0n) is 12.2. The number of aliphatic hydroxyl groups is 1. The number of ether oxygens (including phenoxy) is 2. The summed E-state index contributed by atoms with van der Waals surface area (Å²) in [5.74, 6) is 1.29. The Morgan fingerprint density at radius 3 is 2.43 bits per heavy atom. The molecular weight excluding hydrogens is 338 g/mol. The van der Waals surface area contributed by atoms with Crippen molar-refractivity contribution in [3.05, 3.63) is 22.2 Å². The van der Waals surface area contributed by atoms with Gasteiger partial charge in [-0.1, -0.05) is 0 Å². The molecule has 1 aromatic carbocycles. The first-order valence-electron chi connectivity index (χ1n) is 6.93. The number of aliphatic hydroxyl groups excluding tert-OH is 1. The van der Waals surface area contributed by atoms with E-state index < -0.39 is 0 Å². The van der Waals surface area contributed by atoms with Crippen LogP contribution in [-0.2, 0) is 0 Å². The van der Waals surface area contributed by atoms with Gasteiger partial charge in [0.05, 0.1) is 20.3 Å². The fourth-order valence-corrected chi connectivity index (χ4v) is 3.13. The normalized spacial score (nSPS) is 21.1. The van der Waals surface area contributed by atoms with Crippen molar-refractivity contribution in [3.8, 4) is 11.5 Å². The minimum Gasteiger partial charge on any atom is -0.495 e. The minimum absolute atomic E-state index is 0.166. The molecule has 0 aliphatic heterocycles. The third-order valence-electron chi connectivity index (χ3n) is 3.77. The molecule has 2 rings (SSSR count). The summed E-state index contributed by atoms with van der Waals surface area (Å²) in [5.41, 5.74) is 0.491. The fraction of sp³-hybridized carbons (Fsp3) is 0.533. The van der Waals surface area contributed by atoms with E-state index in [-0.39, 0.29) is 12.0 Å². The zero-order valence-corrected chi connectivity index (χ0v) is 13.8. The Hall–Kier alpha value is -1.27. The molecule has 0 bridgehead atoms. The van der Waals surface area contributed by atoms with Gasteiger partial charge in [-0.05, 0) is 53.2 Å². The van der Waals surface area contributed by atoms with Gasteiger partial charge in [0.25, 0.3) is 5.91 Å². The van der Waals surface area contributed by atoms with E-state index in [0.29, 0.717) is 34.0 Å². The highest BCUT2D eigenvalue weighted by atomic mass is 79.9. The third-order valence-corrected chi connectivity index (χ3v) is 4.55. The quantitative estimate of drug-likeness (QED) is 0.848. The van der Waals surface area contributed by atoms with Gasteiger partial charge in [-0.15, -0.1) is 0 Å². The lowest BCUT2D eigenvalue weighted by molar-refractivity contribution is 0.0944. The van der Waals surface area contributed by atoms with E-state index in [1.807, 2.05) is 0 Å². The van der Waals surface area contributed by atoms with Crippen LogP contribution in [0.1, 0.15) is 29.6 Å². The number of halogens is 1. The van der Waals surface area contributed by atoms with Gasteiger partial charge < -0.3 is 19.9 Å².